The molecule has 2 aliphatic heterocycles. The molecule has 1 saturated heterocycles. The average molecular weight is 412 g/mol. The number of nitro benzene ring substituents is 1. The number of carbonyl (C=O) groups excluding carboxylic acids is 3. The van der Waals surface area contributed by atoms with Gasteiger partial charge in [-0.15, -0.1) is 0 Å². The predicted octanol–water partition coefficient (Wildman–Crippen LogP) is 2.33. The third kappa shape index (κ3) is 4.27. The van der Waals surface area contributed by atoms with Gasteiger partial charge in [0.2, 0.25) is 6.79 Å². The third-order valence-corrected chi connectivity index (χ3v) is 5.16. The monoisotopic (exact) mass is 412 g/mol. The first-order valence-corrected chi connectivity index (χ1v) is 9.31. The lowest BCUT2D eigenvalue weighted by atomic mass is 10.1. The van der Waals surface area contributed by atoms with E-state index in [2.05, 4.69) is 4.84 Å². The van der Waals surface area contributed by atoms with Crippen molar-refractivity contribution in [3.63, 3.8) is 0 Å². The van der Waals surface area contributed by atoms with E-state index in [0.717, 1.165) is 0 Å². The number of hydrogen-bond donors (Lipinski definition) is 0. The molecule has 2 aliphatic rings. The average Bonchev–Trinajstić information content (AvgIpc) is 3.25. The fraction of sp³-hybridized carbons (Fsp3) is 0.438. The highest BCUT2D eigenvalue weighted by Crippen LogP contribution is 2.43. The van der Waals surface area contributed by atoms with Gasteiger partial charge in [0, 0.05) is 29.4 Å². The summed E-state index contributed by atoms with van der Waals surface area (Å²) in [5.41, 5.74) is 0.366. The van der Waals surface area contributed by atoms with Gasteiger partial charge in [-0.2, -0.15) is 11.8 Å². The number of nitro groups is 1. The standard InChI is InChI=1S/C16H16N2O9S/c1-9(10-6-12-13(26-8-25-12)7-11(10)18(22)23)28-5-4-24-16(21)27-17-14(19)2-3-15(17)20/h6-7,9H,2-5,8H2,1H3. The summed E-state index contributed by atoms with van der Waals surface area (Å²) in [4.78, 5) is 49.7. The van der Waals surface area contributed by atoms with E-state index in [4.69, 9.17) is 14.2 Å². The van der Waals surface area contributed by atoms with Crippen LogP contribution in [0, 0.1) is 10.1 Å². The summed E-state index contributed by atoms with van der Waals surface area (Å²) >= 11 is 1.31. The minimum atomic E-state index is -1.16. The van der Waals surface area contributed by atoms with E-state index < -0.39 is 22.9 Å². The summed E-state index contributed by atoms with van der Waals surface area (Å²) in [5.74, 6) is -0.123. The summed E-state index contributed by atoms with van der Waals surface area (Å²) in [7, 11) is 0. The van der Waals surface area contributed by atoms with Gasteiger partial charge in [-0.05, 0) is 13.0 Å². The third-order valence-electron chi connectivity index (χ3n) is 4.00. The molecule has 1 unspecified atom stereocenters. The fourth-order valence-corrected chi connectivity index (χ4v) is 3.53. The second kappa shape index (κ2) is 8.33. The van der Waals surface area contributed by atoms with Crippen LogP contribution in [0.5, 0.6) is 11.5 Å². The minimum absolute atomic E-state index is 0.00616. The fourth-order valence-electron chi connectivity index (χ4n) is 2.63. The van der Waals surface area contributed by atoms with Gasteiger partial charge >= 0.3 is 6.16 Å². The topological polar surface area (TPSA) is 135 Å². The quantitative estimate of drug-likeness (QED) is 0.216. The Morgan fingerprint density at radius 2 is 1.93 bits per heavy atom. The Labute approximate surface area is 162 Å². The van der Waals surface area contributed by atoms with E-state index >= 15 is 0 Å². The molecule has 0 aliphatic carbocycles. The van der Waals surface area contributed by atoms with Gasteiger partial charge in [0.05, 0.1) is 11.0 Å². The van der Waals surface area contributed by atoms with Crippen molar-refractivity contribution in [1.29, 1.82) is 0 Å². The number of imide groups is 1. The lowest BCUT2D eigenvalue weighted by Crippen LogP contribution is -2.32. The largest absolute Gasteiger partial charge is 0.533 e. The number of benzene rings is 1. The lowest BCUT2D eigenvalue weighted by Gasteiger charge is -2.14. The van der Waals surface area contributed by atoms with Crippen molar-refractivity contribution in [2.45, 2.75) is 25.0 Å². The molecule has 1 aromatic carbocycles. The SMILES string of the molecule is CC(SCCOC(=O)ON1C(=O)CCC1=O)c1cc2c(cc1[N+](=O)[O-])OCO2. The number of nitrogens with zero attached hydrogens (tertiary/aromatic N) is 2. The van der Waals surface area contributed by atoms with Crippen LogP contribution in [0.4, 0.5) is 10.5 Å². The van der Waals surface area contributed by atoms with Gasteiger partial charge in [0.25, 0.3) is 17.5 Å². The Kier molecular flexibility index (Phi) is 5.87. The van der Waals surface area contributed by atoms with Crippen molar-refractivity contribution in [2.24, 2.45) is 0 Å². The summed E-state index contributed by atoms with van der Waals surface area (Å²) in [5, 5.41) is 11.4. The van der Waals surface area contributed by atoms with Crippen LogP contribution in [-0.2, 0) is 19.2 Å². The number of fused-ring (bicyclic) bond motifs is 1. The Hall–Kier alpha value is -3.02. The predicted molar refractivity (Wildman–Crippen MR) is 93.6 cm³/mol. The molecule has 0 N–H and O–H groups in total. The van der Waals surface area contributed by atoms with Gasteiger partial charge < -0.3 is 14.2 Å². The molecule has 1 atom stereocenters. The van der Waals surface area contributed by atoms with Gasteiger partial charge in [-0.25, -0.2) is 4.79 Å². The molecule has 12 heteroatoms. The maximum absolute atomic E-state index is 11.6. The van der Waals surface area contributed by atoms with E-state index in [1.54, 1.807) is 13.0 Å². The van der Waals surface area contributed by atoms with Crippen LogP contribution in [0.2, 0.25) is 0 Å². The van der Waals surface area contributed by atoms with Crippen molar-refractivity contribution in [3.05, 3.63) is 27.8 Å². The molecular weight excluding hydrogens is 396 g/mol. The molecular formula is C16H16N2O9S. The Morgan fingerprint density at radius 3 is 2.57 bits per heavy atom. The van der Waals surface area contributed by atoms with Crippen LogP contribution < -0.4 is 9.47 Å². The first kappa shape index (κ1) is 19.7. The molecule has 2 amide bonds. The number of hydrogen-bond acceptors (Lipinski definition) is 10. The summed E-state index contributed by atoms with van der Waals surface area (Å²) < 4.78 is 15.3. The molecule has 0 radical (unpaired) electrons. The molecule has 150 valence electrons. The van der Waals surface area contributed by atoms with Crippen LogP contribution in [0.3, 0.4) is 0 Å². The maximum atomic E-state index is 11.6. The summed E-state index contributed by atoms with van der Waals surface area (Å²) in [6.07, 6.45) is -1.17. The van der Waals surface area contributed by atoms with Crippen molar-refractivity contribution < 1.29 is 38.4 Å². The van der Waals surface area contributed by atoms with Gasteiger partial charge in [-0.1, -0.05) is 5.06 Å². The lowest BCUT2D eigenvalue weighted by molar-refractivity contribution is -0.385. The van der Waals surface area contributed by atoms with Crippen molar-refractivity contribution >= 4 is 35.4 Å². The molecule has 11 nitrogen and oxygen atoms in total. The van der Waals surface area contributed by atoms with Crippen LogP contribution in [0.1, 0.15) is 30.6 Å². The first-order chi connectivity index (χ1) is 13.4. The van der Waals surface area contributed by atoms with E-state index in [1.165, 1.54) is 17.8 Å². The number of carbonyl (C=O) groups is 3. The Balaban J connectivity index is 1.50. The number of ether oxygens (including phenoxy) is 3. The molecule has 0 bridgehead atoms. The zero-order valence-electron chi connectivity index (χ0n) is 14.7. The van der Waals surface area contributed by atoms with Crippen molar-refractivity contribution in [1.82, 2.24) is 5.06 Å². The molecule has 0 spiro atoms. The minimum Gasteiger partial charge on any atom is -0.454 e. The number of amides is 2. The van der Waals surface area contributed by atoms with Crippen LogP contribution in [0.15, 0.2) is 12.1 Å². The normalized spacial score (nSPS) is 16.2. The van der Waals surface area contributed by atoms with E-state index in [9.17, 15) is 24.5 Å². The number of hydroxylamine groups is 2. The molecule has 2 heterocycles. The number of rotatable bonds is 7. The van der Waals surface area contributed by atoms with Crippen molar-refractivity contribution in [2.75, 3.05) is 19.2 Å². The van der Waals surface area contributed by atoms with Gasteiger partial charge in [0.15, 0.2) is 11.5 Å². The zero-order chi connectivity index (χ0) is 20.3. The second-order valence-electron chi connectivity index (χ2n) is 5.81. The van der Waals surface area contributed by atoms with E-state index in [0.29, 0.717) is 27.9 Å². The highest BCUT2D eigenvalue weighted by molar-refractivity contribution is 7.99. The molecule has 1 aromatic rings. The molecule has 28 heavy (non-hydrogen) atoms. The molecule has 0 aromatic heterocycles. The van der Waals surface area contributed by atoms with Crippen molar-refractivity contribution in [3.8, 4) is 11.5 Å². The highest BCUT2D eigenvalue weighted by Gasteiger charge is 2.33. The molecule has 0 saturated carbocycles. The van der Waals surface area contributed by atoms with Crippen LogP contribution in [-0.4, -0.2) is 47.1 Å². The Morgan fingerprint density at radius 1 is 1.29 bits per heavy atom. The van der Waals surface area contributed by atoms with Crippen LogP contribution in [0.25, 0.3) is 0 Å². The number of thioether (sulfide) groups is 1. The second-order valence-corrected chi connectivity index (χ2v) is 7.25. The maximum Gasteiger partial charge on any atom is 0.533 e. The zero-order valence-corrected chi connectivity index (χ0v) is 15.6. The summed E-state index contributed by atoms with van der Waals surface area (Å²) in [6, 6.07) is 2.89. The smallest absolute Gasteiger partial charge is 0.454 e. The van der Waals surface area contributed by atoms with Gasteiger partial charge in [-0.3, -0.25) is 24.5 Å². The van der Waals surface area contributed by atoms with E-state index in [-0.39, 0.29) is 37.2 Å². The molecule has 1 fully saturated rings. The molecule has 3 rings (SSSR count). The first-order valence-electron chi connectivity index (χ1n) is 8.27. The summed E-state index contributed by atoms with van der Waals surface area (Å²) in [6.45, 7) is 1.72. The highest BCUT2D eigenvalue weighted by atomic mass is 32.2. The Bertz CT molecular complexity index is 813. The van der Waals surface area contributed by atoms with Crippen LogP contribution >= 0.6 is 11.8 Å². The van der Waals surface area contributed by atoms with E-state index in [1.807, 2.05) is 0 Å². The van der Waals surface area contributed by atoms with Gasteiger partial charge in [0.1, 0.15) is 6.61 Å².